The summed E-state index contributed by atoms with van der Waals surface area (Å²) in [5.41, 5.74) is 5.37. The van der Waals surface area contributed by atoms with Crippen molar-refractivity contribution in [1.82, 2.24) is 4.98 Å². The fourth-order valence-electron chi connectivity index (χ4n) is 3.74. The first-order valence-electron chi connectivity index (χ1n) is 9.32. The highest BCUT2D eigenvalue weighted by Crippen LogP contribution is 2.45. The zero-order valence-corrected chi connectivity index (χ0v) is 15.1. The molecule has 0 radical (unpaired) electrons. The lowest BCUT2D eigenvalue weighted by Crippen LogP contribution is -2.29. The maximum absolute atomic E-state index is 12.9. The van der Waals surface area contributed by atoms with Gasteiger partial charge in [-0.25, -0.2) is 9.78 Å². The number of amides is 1. The lowest BCUT2D eigenvalue weighted by Gasteiger charge is -2.21. The van der Waals surface area contributed by atoms with Crippen LogP contribution in [0.5, 0.6) is 0 Å². The molecule has 0 N–H and O–H groups in total. The summed E-state index contributed by atoms with van der Waals surface area (Å²) in [6, 6.07) is 22.0. The van der Waals surface area contributed by atoms with Gasteiger partial charge in [0.15, 0.2) is 6.10 Å². The summed E-state index contributed by atoms with van der Waals surface area (Å²) in [6.07, 6.45) is 1.58. The predicted molar refractivity (Wildman–Crippen MR) is 105 cm³/mol. The van der Waals surface area contributed by atoms with E-state index in [-0.39, 0.29) is 6.10 Å². The fourth-order valence-corrected chi connectivity index (χ4v) is 3.74. The summed E-state index contributed by atoms with van der Waals surface area (Å²) < 4.78 is 5.94. The van der Waals surface area contributed by atoms with E-state index in [9.17, 15) is 4.79 Å². The highest BCUT2D eigenvalue weighted by Gasteiger charge is 2.32. The Hall–Kier alpha value is -3.14. The molecule has 0 aliphatic heterocycles. The maximum atomic E-state index is 12.9. The molecule has 0 saturated heterocycles. The Labute approximate surface area is 158 Å². The topological polar surface area (TPSA) is 42.4 Å². The predicted octanol–water partition coefficient (Wildman–Crippen LogP) is 5.30. The van der Waals surface area contributed by atoms with Gasteiger partial charge in [0, 0.05) is 29.8 Å². The van der Waals surface area contributed by atoms with Gasteiger partial charge >= 0.3 is 6.09 Å². The Kier molecular flexibility index (Phi) is 3.71. The molecule has 0 spiro atoms. The van der Waals surface area contributed by atoms with Crippen LogP contribution in [0.25, 0.3) is 11.1 Å². The van der Waals surface area contributed by atoms with Crippen LogP contribution in [0.4, 0.5) is 10.6 Å². The maximum Gasteiger partial charge on any atom is 0.416 e. The first-order valence-corrected chi connectivity index (χ1v) is 9.32. The number of carbonyl (C=O) groups excluding carboxylic acids is 1. The van der Waals surface area contributed by atoms with Gasteiger partial charge in [0.05, 0.1) is 0 Å². The van der Waals surface area contributed by atoms with Gasteiger partial charge in [-0.15, -0.1) is 0 Å². The summed E-state index contributed by atoms with van der Waals surface area (Å²) in [4.78, 5) is 19.0. The van der Waals surface area contributed by atoms with E-state index in [1.165, 1.54) is 17.7 Å². The van der Waals surface area contributed by atoms with E-state index < -0.39 is 6.09 Å². The number of carbonyl (C=O) groups is 1. The second kappa shape index (κ2) is 6.23. The molecule has 1 aromatic heterocycles. The molecule has 5 rings (SSSR count). The Bertz CT molecular complexity index is 981. The van der Waals surface area contributed by atoms with Crippen LogP contribution in [0.3, 0.4) is 0 Å². The molecule has 4 heteroatoms. The van der Waals surface area contributed by atoms with Crippen molar-refractivity contribution < 1.29 is 9.53 Å². The number of rotatable bonds is 3. The van der Waals surface area contributed by atoms with E-state index >= 15 is 0 Å². The average Bonchev–Trinajstić information content (AvgIpc) is 3.53. The zero-order valence-electron chi connectivity index (χ0n) is 15.1. The molecule has 134 valence electrons. The van der Waals surface area contributed by atoms with E-state index in [1.807, 2.05) is 54.6 Å². The standard InChI is InChI=1S/C23H20N2O2/c1-25(21-12-6-11-20(24-21)15-13-14-15)23(26)27-22-18-9-4-2-7-16(18)17-8-3-5-10-19(17)22/h2-12,15,22H,13-14H2,1H3. The second-order valence-corrected chi connectivity index (χ2v) is 7.19. The molecule has 2 aliphatic carbocycles. The molecule has 1 heterocycles. The lowest BCUT2D eigenvalue weighted by atomic mass is 10.1. The van der Waals surface area contributed by atoms with Gasteiger partial charge in [0.1, 0.15) is 5.82 Å². The van der Waals surface area contributed by atoms with Gasteiger partial charge in [0.25, 0.3) is 0 Å². The first kappa shape index (κ1) is 16.1. The number of pyridine rings is 1. The largest absolute Gasteiger partial charge is 0.436 e. The van der Waals surface area contributed by atoms with E-state index in [2.05, 4.69) is 17.1 Å². The summed E-state index contributed by atoms with van der Waals surface area (Å²) in [5, 5.41) is 0. The molecule has 1 amide bonds. The number of aromatic nitrogens is 1. The van der Waals surface area contributed by atoms with Crippen molar-refractivity contribution in [3.63, 3.8) is 0 Å². The van der Waals surface area contributed by atoms with Crippen molar-refractivity contribution in [3.05, 3.63) is 83.6 Å². The minimum absolute atomic E-state index is 0.390. The normalized spacial score (nSPS) is 15.1. The van der Waals surface area contributed by atoms with E-state index in [1.54, 1.807) is 7.05 Å². The summed E-state index contributed by atoms with van der Waals surface area (Å²) >= 11 is 0. The zero-order chi connectivity index (χ0) is 18.4. The monoisotopic (exact) mass is 356 g/mol. The second-order valence-electron chi connectivity index (χ2n) is 7.19. The van der Waals surface area contributed by atoms with E-state index in [0.717, 1.165) is 27.9 Å². The van der Waals surface area contributed by atoms with Gasteiger partial charge < -0.3 is 4.74 Å². The summed E-state index contributed by atoms with van der Waals surface area (Å²) in [6.45, 7) is 0. The molecule has 2 aliphatic rings. The molecule has 0 bridgehead atoms. The van der Waals surface area contributed by atoms with Crippen LogP contribution in [-0.2, 0) is 4.74 Å². The van der Waals surface area contributed by atoms with Gasteiger partial charge in [0.2, 0.25) is 0 Å². The van der Waals surface area contributed by atoms with Gasteiger partial charge in [-0.3, -0.25) is 4.90 Å². The molecule has 1 saturated carbocycles. The van der Waals surface area contributed by atoms with Crippen molar-refractivity contribution in [3.8, 4) is 11.1 Å². The molecule has 2 aromatic carbocycles. The van der Waals surface area contributed by atoms with Crippen LogP contribution in [0, 0.1) is 0 Å². The van der Waals surface area contributed by atoms with E-state index in [4.69, 9.17) is 4.74 Å². The Morgan fingerprint density at radius 3 is 2.19 bits per heavy atom. The fraction of sp³-hybridized carbons (Fsp3) is 0.217. The highest BCUT2D eigenvalue weighted by molar-refractivity contribution is 5.87. The van der Waals surface area contributed by atoms with Gasteiger partial charge in [-0.1, -0.05) is 54.6 Å². The van der Waals surface area contributed by atoms with Crippen molar-refractivity contribution >= 4 is 11.9 Å². The number of hydrogen-bond donors (Lipinski definition) is 0. The molecular formula is C23H20N2O2. The number of ether oxygens (including phenoxy) is 1. The van der Waals surface area contributed by atoms with E-state index in [0.29, 0.717) is 11.7 Å². The third-order valence-corrected chi connectivity index (χ3v) is 5.36. The van der Waals surface area contributed by atoms with Crippen LogP contribution in [0.2, 0.25) is 0 Å². The first-order chi connectivity index (χ1) is 13.2. The van der Waals surface area contributed by atoms with Crippen LogP contribution in [0.1, 0.15) is 41.7 Å². The van der Waals surface area contributed by atoms with Crippen LogP contribution >= 0.6 is 0 Å². The third kappa shape index (κ3) is 2.78. The number of nitrogens with zero attached hydrogens (tertiary/aromatic N) is 2. The van der Waals surface area contributed by atoms with Crippen LogP contribution in [0.15, 0.2) is 66.7 Å². The van der Waals surface area contributed by atoms with Gasteiger partial charge in [-0.2, -0.15) is 0 Å². The SMILES string of the molecule is CN(C(=O)OC1c2ccccc2-c2ccccc21)c1cccc(C2CC2)n1. The number of anilines is 1. The number of benzene rings is 2. The van der Waals surface area contributed by atoms with Crippen molar-refractivity contribution in [2.75, 3.05) is 11.9 Å². The number of fused-ring (bicyclic) bond motifs is 3. The Morgan fingerprint density at radius 2 is 1.56 bits per heavy atom. The van der Waals surface area contributed by atoms with Crippen LogP contribution in [-0.4, -0.2) is 18.1 Å². The molecule has 3 aromatic rings. The Morgan fingerprint density at radius 1 is 0.926 bits per heavy atom. The lowest BCUT2D eigenvalue weighted by molar-refractivity contribution is 0.126. The van der Waals surface area contributed by atoms with Gasteiger partial charge in [-0.05, 0) is 36.1 Å². The minimum atomic E-state index is -0.396. The van der Waals surface area contributed by atoms with Crippen molar-refractivity contribution in [2.45, 2.75) is 24.9 Å². The third-order valence-electron chi connectivity index (χ3n) is 5.36. The summed E-state index contributed by atoms with van der Waals surface area (Å²) in [5.74, 6) is 1.17. The number of hydrogen-bond acceptors (Lipinski definition) is 3. The highest BCUT2D eigenvalue weighted by atomic mass is 16.6. The Balaban J connectivity index is 1.43. The van der Waals surface area contributed by atoms with Crippen molar-refractivity contribution in [1.29, 1.82) is 0 Å². The minimum Gasteiger partial charge on any atom is -0.436 e. The van der Waals surface area contributed by atoms with Crippen molar-refractivity contribution in [2.24, 2.45) is 0 Å². The molecule has 4 nitrogen and oxygen atoms in total. The molecule has 27 heavy (non-hydrogen) atoms. The molecular weight excluding hydrogens is 336 g/mol. The van der Waals surface area contributed by atoms with Crippen LogP contribution < -0.4 is 4.90 Å². The quantitative estimate of drug-likeness (QED) is 0.639. The smallest absolute Gasteiger partial charge is 0.416 e. The summed E-state index contributed by atoms with van der Waals surface area (Å²) in [7, 11) is 1.72. The molecule has 0 unspecified atom stereocenters. The molecule has 0 atom stereocenters. The molecule has 1 fully saturated rings. The average molecular weight is 356 g/mol.